The molecule has 0 unspecified atom stereocenters. The molecule has 4 rings (SSSR count). The summed E-state index contributed by atoms with van der Waals surface area (Å²) in [5.74, 6) is -0.133. The molecule has 0 saturated carbocycles. The van der Waals surface area contributed by atoms with Crippen molar-refractivity contribution in [3.05, 3.63) is 70.1 Å². The SMILES string of the molecule is CSC1=NC(=O)C(=Cc2ccc(N3CCc4ccccc4C3)cc2)S1. The zero-order valence-corrected chi connectivity index (χ0v) is 15.6. The first-order chi connectivity index (χ1) is 12.2. The van der Waals surface area contributed by atoms with Crippen molar-refractivity contribution in [1.29, 1.82) is 0 Å². The lowest BCUT2D eigenvalue weighted by atomic mass is 9.99. The Kier molecular flexibility index (Phi) is 4.68. The number of aliphatic imine (C=N–C) groups is 1. The number of hydrogen-bond donors (Lipinski definition) is 0. The topological polar surface area (TPSA) is 32.7 Å². The maximum absolute atomic E-state index is 11.9. The van der Waals surface area contributed by atoms with Crippen molar-refractivity contribution < 1.29 is 4.79 Å². The van der Waals surface area contributed by atoms with E-state index in [2.05, 4.69) is 58.4 Å². The summed E-state index contributed by atoms with van der Waals surface area (Å²) in [6, 6.07) is 17.1. The van der Waals surface area contributed by atoms with Crippen LogP contribution in [-0.4, -0.2) is 23.1 Å². The molecule has 0 spiro atoms. The van der Waals surface area contributed by atoms with Gasteiger partial charge in [0.05, 0.1) is 4.91 Å². The van der Waals surface area contributed by atoms with E-state index in [0.717, 1.165) is 29.4 Å². The number of carbonyl (C=O) groups excluding carboxylic acids is 1. The van der Waals surface area contributed by atoms with Gasteiger partial charge in [0.1, 0.15) is 4.38 Å². The average molecular weight is 367 g/mol. The van der Waals surface area contributed by atoms with Crippen molar-refractivity contribution in [2.24, 2.45) is 4.99 Å². The average Bonchev–Trinajstić information content (AvgIpc) is 3.02. The second-order valence-electron chi connectivity index (χ2n) is 6.03. The highest BCUT2D eigenvalue weighted by Crippen LogP contribution is 2.33. The molecule has 0 bridgehead atoms. The van der Waals surface area contributed by atoms with E-state index in [9.17, 15) is 4.79 Å². The van der Waals surface area contributed by atoms with Crippen molar-refractivity contribution in [2.75, 3.05) is 17.7 Å². The highest BCUT2D eigenvalue weighted by molar-refractivity contribution is 8.40. The number of anilines is 1. The molecule has 25 heavy (non-hydrogen) atoms. The van der Waals surface area contributed by atoms with Crippen LogP contribution in [0, 0.1) is 0 Å². The van der Waals surface area contributed by atoms with Crippen molar-refractivity contribution in [3.8, 4) is 0 Å². The Morgan fingerprint density at radius 3 is 2.60 bits per heavy atom. The molecule has 0 aromatic heterocycles. The summed E-state index contributed by atoms with van der Waals surface area (Å²) in [4.78, 5) is 19.0. The molecule has 2 aliphatic heterocycles. The number of benzene rings is 2. The van der Waals surface area contributed by atoms with E-state index in [1.165, 1.54) is 40.3 Å². The molecule has 0 fully saturated rings. The van der Waals surface area contributed by atoms with E-state index in [1.54, 1.807) is 0 Å². The first-order valence-electron chi connectivity index (χ1n) is 8.21. The van der Waals surface area contributed by atoms with Crippen LogP contribution in [0.15, 0.2) is 58.4 Å². The van der Waals surface area contributed by atoms with Crippen LogP contribution in [0.2, 0.25) is 0 Å². The van der Waals surface area contributed by atoms with Gasteiger partial charge in [-0.25, -0.2) is 0 Å². The lowest BCUT2D eigenvalue weighted by Gasteiger charge is -2.30. The number of nitrogens with zero attached hydrogens (tertiary/aromatic N) is 2. The smallest absolute Gasteiger partial charge is 0.285 e. The molecular formula is C20H18N2OS2. The Hall–Kier alpha value is -1.98. The molecule has 2 aliphatic rings. The van der Waals surface area contributed by atoms with Crippen LogP contribution in [-0.2, 0) is 17.8 Å². The maximum atomic E-state index is 11.9. The molecule has 2 aromatic rings. The lowest BCUT2D eigenvalue weighted by Crippen LogP contribution is -2.30. The monoisotopic (exact) mass is 366 g/mol. The third-order valence-corrected chi connectivity index (χ3v) is 6.43. The summed E-state index contributed by atoms with van der Waals surface area (Å²) in [5, 5.41) is 0. The summed E-state index contributed by atoms with van der Waals surface area (Å²) >= 11 is 2.96. The highest BCUT2D eigenvalue weighted by atomic mass is 32.2. The molecule has 0 aliphatic carbocycles. The van der Waals surface area contributed by atoms with Crippen molar-refractivity contribution in [1.82, 2.24) is 0 Å². The second-order valence-corrected chi connectivity index (χ2v) is 8.11. The minimum Gasteiger partial charge on any atom is -0.367 e. The minimum atomic E-state index is -0.133. The van der Waals surface area contributed by atoms with Crippen LogP contribution in [0.5, 0.6) is 0 Å². The molecule has 3 nitrogen and oxygen atoms in total. The third kappa shape index (κ3) is 3.53. The van der Waals surface area contributed by atoms with Gasteiger partial charge < -0.3 is 4.90 Å². The number of thioether (sulfide) groups is 2. The maximum Gasteiger partial charge on any atom is 0.285 e. The van der Waals surface area contributed by atoms with Crippen LogP contribution in [0.1, 0.15) is 16.7 Å². The standard InChI is InChI=1S/C20H18N2OS2/c1-24-20-21-19(23)18(25-20)12-14-6-8-17(9-7-14)22-11-10-15-4-2-3-5-16(15)13-22/h2-9,12H,10-11,13H2,1H3. The summed E-state index contributed by atoms with van der Waals surface area (Å²) in [7, 11) is 0. The number of carbonyl (C=O) groups is 1. The Labute approximate surface area is 156 Å². The lowest BCUT2D eigenvalue weighted by molar-refractivity contribution is -0.113. The molecule has 2 aromatic carbocycles. The van der Waals surface area contributed by atoms with Gasteiger partial charge in [-0.1, -0.05) is 48.2 Å². The van der Waals surface area contributed by atoms with Gasteiger partial charge in [0, 0.05) is 18.8 Å². The summed E-state index contributed by atoms with van der Waals surface area (Å²) in [5.41, 5.74) is 5.13. The van der Waals surface area contributed by atoms with Gasteiger partial charge in [-0.15, -0.1) is 11.8 Å². The Morgan fingerprint density at radius 2 is 1.88 bits per heavy atom. The molecule has 0 atom stereocenters. The molecular weight excluding hydrogens is 348 g/mol. The fourth-order valence-electron chi connectivity index (χ4n) is 3.13. The Morgan fingerprint density at radius 1 is 1.12 bits per heavy atom. The number of hydrogen-bond acceptors (Lipinski definition) is 4. The van der Waals surface area contributed by atoms with E-state index < -0.39 is 0 Å². The van der Waals surface area contributed by atoms with Crippen LogP contribution in [0.25, 0.3) is 6.08 Å². The summed E-state index contributed by atoms with van der Waals surface area (Å²) in [6.07, 6.45) is 4.95. The van der Waals surface area contributed by atoms with Crippen LogP contribution in [0.3, 0.4) is 0 Å². The molecule has 2 heterocycles. The fourth-order valence-corrected chi connectivity index (χ4v) is 4.55. The third-order valence-electron chi connectivity index (χ3n) is 4.46. The fraction of sp³-hybridized carbons (Fsp3) is 0.200. The van der Waals surface area contributed by atoms with E-state index in [0.29, 0.717) is 4.91 Å². The van der Waals surface area contributed by atoms with Crippen LogP contribution in [0.4, 0.5) is 5.69 Å². The van der Waals surface area contributed by atoms with Crippen LogP contribution >= 0.6 is 23.5 Å². The van der Waals surface area contributed by atoms with Crippen molar-refractivity contribution >= 4 is 45.6 Å². The van der Waals surface area contributed by atoms with Crippen molar-refractivity contribution in [2.45, 2.75) is 13.0 Å². The molecule has 1 amide bonds. The normalized spacial score (nSPS) is 18.4. The molecule has 126 valence electrons. The van der Waals surface area contributed by atoms with Crippen LogP contribution < -0.4 is 4.90 Å². The number of amides is 1. The molecule has 0 radical (unpaired) electrons. The van der Waals surface area contributed by atoms with Crippen molar-refractivity contribution in [3.63, 3.8) is 0 Å². The molecule has 0 saturated heterocycles. The second kappa shape index (κ2) is 7.10. The van der Waals surface area contributed by atoms with Gasteiger partial charge in [0.15, 0.2) is 0 Å². The van der Waals surface area contributed by atoms with E-state index >= 15 is 0 Å². The quantitative estimate of drug-likeness (QED) is 0.728. The van der Waals surface area contributed by atoms with Gasteiger partial charge in [0.2, 0.25) is 0 Å². The number of fused-ring (bicyclic) bond motifs is 1. The Balaban J connectivity index is 1.49. The first kappa shape index (κ1) is 16.5. The minimum absolute atomic E-state index is 0.133. The van der Waals surface area contributed by atoms with Gasteiger partial charge in [-0.2, -0.15) is 4.99 Å². The van der Waals surface area contributed by atoms with E-state index in [1.807, 2.05) is 12.3 Å². The zero-order valence-electron chi connectivity index (χ0n) is 13.9. The van der Waals surface area contributed by atoms with Gasteiger partial charge in [-0.3, -0.25) is 4.79 Å². The van der Waals surface area contributed by atoms with Gasteiger partial charge in [0.25, 0.3) is 5.91 Å². The summed E-state index contributed by atoms with van der Waals surface area (Å²) < 4.78 is 0.819. The van der Waals surface area contributed by atoms with E-state index in [-0.39, 0.29) is 5.91 Å². The highest BCUT2D eigenvalue weighted by Gasteiger charge is 2.21. The van der Waals surface area contributed by atoms with E-state index in [4.69, 9.17) is 0 Å². The Bertz CT molecular complexity index is 872. The van der Waals surface area contributed by atoms with Gasteiger partial charge >= 0.3 is 0 Å². The summed E-state index contributed by atoms with van der Waals surface area (Å²) in [6.45, 7) is 1.99. The predicted octanol–water partition coefficient (Wildman–Crippen LogP) is 4.58. The molecule has 5 heteroatoms. The van der Waals surface area contributed by atoms with Gasteiger partial charge in [-0.05, 0) is 47.6 Å². The first-order valence-corrected chi connectivity index (χ1v) is 10.3. The zero-order chi connectivity index (χ0) is 17.2. The predicted molar refractivity (Wildman–Crippen MR) is 109 cm³/mol. The molecule has 0 N–H and O–H groups in total. The number of rotatable bonds is 2. The largest absolute Gasteiger partial charge is 0.367 e.